The Morgan fingerprint density at radius 1 is 1.24 bits per heavy atom. The minimum atomic E-state index is -0.491. The summed E-state index contributed by atoms with van der Waals surface area (Å²) in [5.41, 5.74) is 1.39. The fourth-order valence-electron chi connectivity index (χ4n) is 1.64. The monoisotopic (exact) mass is 235 g/mol. The largest absolute Gasteiger partial charge is 0.308 e. The number of nitrogens with one attached hydrogen (secondary N) is 1. The number of rotatable bonds is 1. The van der Waals surface area contributed by atoms with E-state index in [1.165, 1.54) is 0 Å². The van der Waals surface area contributed by atoms with Crippen LogP contribution in [0.25, 0.3) is 0 Å². The zero-order valence-electron chi connectivity index (χ0n) is 11.5. The molecule has 0 atom stereocenters. The predicted octanol–water partition coefficient (Wildman–Crippen LogP) is 2.86. The van der Waals surface area contributed by atoms with Gasteiger partial charge >= 0.3 is 0 Å². The number of amides is 1. The lowest BCUT2D eigenvalue weighted by molar-refractivity contribution is -0.119. The van der Waals surface area contributed by atoms with E-state index in [2.05, 4.69) is 29.4 Å². The zero-order chi connectivity index (χ0) is 13.2. The van der Waals surface area contributed by atoms with Crippen LogP contribution in [0, 0.1) is 0 Å². The summed E-state index contributed by atoms with van der Waals surface area (Å²) in [5.74, 6) is 0.927. The van der Waals surface area contributed by atoms with E-state index in [0.29, 0.717) is 11.7 Å². The predicted molar refractivity (Wildman–Crippen MR) is 69.1 cm³/mol. The molecular weight excluding hydrogens is 214 g/mol. The van der Waals surface area contributed by atoms with Gasteiger partial charge < -0.3 is 5.32 Å². The molecule has 0 radical (unpaired) electrons. The highest BCUT2D eigenvalue weighted by Crippen LogP contribution is 2.36. The van der Waals surface area contributed by atoms with Crippen molar-refractivity contribution in [1.82, 2.24) is 10.2 Å². The van der Waals surface area contributed by atoms with Crippen LogP contribution < -0.4 is 5.32 Å². The molecule has 2 rings (SSSR count). The Kier molecular flexibility index (Phi) is 3.86. The first kappa shape index (κ1) is 13.6. The van der Waals surface area contributed by atoms with E-state index in [9.17, 15) is 4.79 Å². The van der Waals surface area contributed by atoms with Crippen molar-refractivity contribution >= 4 is 11.7 Å². The first-order valence-electron chi connectivity index (χ1n) is 6.12. The van der Waals surface area contributed by atoms with Gasteiger partial charge in [-0.1, -0.05) is 27.7 Å². The van der Waals surface area contributed by atoms with E-state index < -0.39 is 5.41 Å². The molecule has 1 aliphatic heterocycles. The fraction of sp³-hybridized carbons (Fsp3) is 0.615. The minimum Gasteiger partial charge on any atom is -0.308 e. The molecule has 1 aromatic rings. The number of hydrogen-bond donors (Lipinski definition) is 1. The molecular formula is C13H21N3O. The molecule has 2 heterocycles. The van der Waals surface area contributed by atoms with Crippen molar-refractivity contribution in [3.05, 3.63) is 17.3 Å². The van der Waals surface area contributed by atoms with Gasteiger partial charge in [0.1, 0.15) is 0 Å². The van der Waals surface area contributed by atoms with Gasteiger partial charge in [-0.25, -0.2) is 0 Å². The Balaban J connectivity index is 0.000000686. The number of carbonyl (C=O) groups is 1. The second-order valence-corrected chi connectivity index (χ2v) is 4.77. The average Bonchev–Trinajstić information content (AvgIpc) is 2.52. The molecule has 1 aliphatic rings. The number of carbonyl (C=O) groups excluding carboxylic acids is 1. The maximum absolute atomic E-state index is 11.7. The fourth-order valence-corrected chi connectivity index (χ4v) is 1.64. The van der Waals surface area contributed by atoms with Crippen LogP contribution in [0.1, 0.15) is 58.7 Å². The SMILES string of the molecule is CC.CC(C)c1cc2c(nn1)NC(=O)C2(C)C. The number of nitrogens with zero attached hydrogens (tertiary/aromatic N) is 2. The van der Waals surface area contributed by atoms with E-state index >= 15 is 0 Å². The summed E-state index contributed by atoms with van der Waals surface area (Å²) >= 11 is 0. The molecule has 17 heavy (non-hydrogen) atoms. The molecule has 0 spiro atoms. The molecule has 0 saturated carbocycles. The summed E-state index contributed by atoms with van der Waals surface area (Å²) in [6, 6.07) is 1.98. The topological polar surface area (TPSA) is 54.9 Å². The average molecular weight is 235 g/mol. The number of aromatic nitrogens is 2. The molecule has 0 saturated heterocycles. The third kappa shape index (κ3) is 2.30. The minimum absolute atomic E-state index is 0.00675. The van der Waals surface area contributed by atoms with Crippen molar-refractivity contribution in [3.8, 4) is 0 Å². The summed E-state index contributed by atoms with van der Waals surface area (Å²) in [7, 11) is 0. The maximum Gasteiger partial charge on any atom is 0.235 e. The molecule has 0 bridgehead atoms. The van der Waals surface area contributed by atoms with Gasteiger partial charge in [0.2, 0.25) is 5.91 Å². The lowest BCUT2D eigenvalue weighted by atomic mass is 9.86. The molecule has 0 unspecified atom stereocenters. The summed E-state index contributed by atoms with van der Waals surface area (Å²) in [6.07, 6.45) is 0. The van der Waals surface area contributed by atoms with Gasteiger partial charge in [-0.15, -0.1) is 5.10 Å². The zero-order valence-corrected chi connectivity index (χ0v) is 11.5. The highest BCUT2D eigenvalue weighted by Gasteiger charge is 2.39. The van der Waals surface area contributed by atoms with Gasteiger partial charge in [0.15, 0.2) is 5.82 Å². The molecule has 4 heteroatoms. The normalized spacial score (nSPS) is 16.1. The molecule has 4 nitrogen and oxygen atoms in total. The van der Waals surface area contributed by atoms with Crippen LogP contribution >= 0.6 is 0 Å². The summed E-state index contributed by atoms with van der Waals surface area (Å²) in [6.45, 7) is 11.9. The maximum atomic E-state index is 11.7. The molecule has 1 aromatic heterocycles. The van der Waals surface area contributed by atoms with E-state index in [1.54, 1.807) is 0 Å². The van der Waals surface area contributed by atoms with Gasteiger partial charge in [-0.2, -0.15) is 5.10 Å². The molecule has 0 fully saturated rings. The summed E-state index contributed by atoms with van der Waals surface area (Å²) in [5, 5.41) is 10.9. The molecule has 1 amide bonds. The highest BCUT2D eigenvalue weighted by molar-refractivity contribution is 6.04. The quantitative estimate of drug-likeness (QED) is 0.814. The smallest absolute Gasteiger partial charge is 0.235 e. The van der Waals surface area contributed by atoms with Gasteiger partial charge in [0, 0.05) is 5.56 Å². The van der Waals surface area contributed by atoms with Gasteiger partial charge in [-0.05, 0) is 25.8 Å². The lowest BCUT2D eigenvalue weighted by Crippen LogP contribution is -2.26. The Bertz CT molecular complexity index is 425. The number of fused-ring (bicyclic) bond motifs is 1. The second-order valence-electron chi connectivity index (χ2n) is 4.77. The third-order valence-electron chi connectivity index (χ3n) is 2.88. The Morgan fingerprint density at radius 3 is 2.35 bits per heavy atom. The van der Waals surface area contributed by atoms with Crippen molar-refractivity contribution in [3.63, 3.8) is 0 Å². The number of anilines is 1. The summed E-state index contributed by atoms with van der Waals surface area (Å²) < 4.78 is 0. The molecule has 0 aliphatic carbocycles. The van der Waals surface area contributed by atoms with Gasteiger partial charge in [0.05, 0.1) is 11.1 Å². The van der Waals surface area contributed by atoms with Gasteiger partial charge in [-0.3, -0.25) is 4.79 Å². The van der Waals surface area contributed by atoms with Crippen LogP contribution in [0.15, 0.2) is 6.07 Å². The first-order valence-corrected chi connectivity index (χ1v) is 6.12. The van der Waals surface area contributed by atoms with Crippen molar-refractivity contribution in [2.45, 2.75) is 52.9 Å². The highest BCUT2D eigenvalue weighted by atomic mass is 16.2. The molecule has 1 N–H and O–H groups in total. The third-order valence-corrected chi connectivity index (χ3v) is 2.88. The van der Waals surface area contributed by atoms with Crippen LogP contribution in [0.3, 0.4) is 0 Å². The van der Waals surface area contributed by atoms with E-state index in [1.807, 2.05) is 33.8 Å². The van der Waals surface area contributed by atoms with Crippen LogP contribution in [-0.4, -0.2) is 16.1 Å². The van der Waals surface area contributed by atoms with Gasteiger partial charge in [0.25, 0.3) is 0 Å². The lowest BCUT2D eigenvalue weighted by Gasteiger charge is -2.15. The standard InChI is InChI=1S/C11H15N3O.C2H6/c1-6(2)8-5-7-9(14-13-8)12-10(15)11(7,3)4;1-2/h5-6H,1-4H3,(H,12,14,15);1-2H3. The van der Waals surface area contributed by atoms with Crippen molar-refractivity contribution in [2.24, 2.45) is 0 Å². The van der Waals surface area contributed by atoms with Crippen molar-refractivity contribution < 1.29 is 4.79 Å². The summed E-state index contributed by atoms with van der Waals surface area (Å²) in [4.78, 5) is 11.7. The second kappa shape index (κ2) is 4.82. The molecule has 94 valence electrons. The first-order chi connectivity index (χ1) is 7.93. The Labute approximate surface area is 103 Å². The van der Waals surface area contributed by atoms with Crippen LogP contribution in [0.4, 0.5) is 5.82 Å². The van der Waals surface area contributed by atoms with Crippen molar-refractivity contribution in [1.29, 1.82) is 0 Å². The van der Waals surface area contributed by atoms with E-state index in [0.717, 1.165) is 11.3 Å². The Hall–Kier alpha value is -1.45. The van der Waals surface area contributed by atoms with E-state index in [-0.39, 0.29) is 5.91 Å². The van der Waals surface area contributed by atoms with Crippen molar-refractivity contribution in [2.75, 3.05) is 5.32 Å². The van der Waals surface area contributed by atoms with E-state index in [4.69, 9.17) is 0 Å². The molecule has 0 aromatic carbocycles. The van der Waals surface area contributed by atoms with Crippen LogP contribution in [0.5, 0.6) is 0 Å². The van der Waals surface area contributed by atoms with Crippen LogP contribution in [0.2, 0.25) is 0 Å². The van der Waals surface area contributed by atoms with Crippen LogP contribution in [-0.2, 0) is 10.2 Å². The Morgan fingerprint density at radius 2 is 1.82 bits per heavy atom. The number of hydrogen-bond acceptors (Lipinski definition) is 3.